The molecular weight excluding hydrogens is 242 g/mol. The molecule has 0 spiro atoms. The summed E-state index contributed by atoms with van der Waals surface area (Å²) < 4.78 is 0. The Bertz CT molecular complexity index is 456. The topological polar surface area (TPSA) is 12.0 Å². The summed E-state index contributed by atoms with van der Waals surface area (Å²) in [5.41, 5.74) is 1.31. The first-order chi connectivity index (χ1) is 8.81. The van der Waals surface area contributed by atoms with Crippen LogP contribution in [0.2, 0.25) is 5.02 Å². The molecule has 1 N–H and O–H groups in total. The number of rotatable bonds is 3. The first-order valence-corrected chi connectivity index (χ1v) is 7.60. The molecule has 1 aromatic carbocycles. The molecule has 2 bridgehead atoms. The smallest absolute Gasteiger partial charge is 0.0453 e. The van der Waals surface area contributed by atoms with E-state index in [2.05, 4.69) is 24.5 Å². The maximum Gasteiger partial charge on any atom is 0.0453 e. The maximum absolute atomic E-state index is 6.37. The lowest BCUT2D eigenvalue weighted by molar-refractivity contribution is 0.385. The van der Waals surface area contributed by atoms with E-state index in [1.165, 1.54) is 24.8 Å². The van der Waals surface area contributed by atoms with Crippen LogP contribution in [0.3, 0.4) is 0 Å². The monoisotopic (exact) mass is 261 g/mol. The molecule has 1 nitrogen and oxygen atoms in total. The Morgan fingerprint density at radius 2 is 1.83 bits per heavy atom. The Morgan fingerprint density at radius 1 is 1.17 bits per heavy atom. The summed E-state index contributed by atoms with van der Waals surface area (Å²) >= 11 is 6.37. The van der Waals surface area contributed by atoms with Gasteiger partial charge in [0.2, 0.25) is 0 Å². The van der Waals surface area contributed by atoms with Crippen LogP contribution in [0.4, 0.5) is 0 Å². The molecule has 96 valence electrons. The predicted molar refractivity (Wildman–Crippen MR) is 74.6 cm³/mol. The van der Waals surface area contributed by atoms with Gasteiger partial charge in [0.25, 0.3) is 0 Å². The van der Waals surface area contributed by atoms with Crippen LogP contribution in [0.1, 0.15) is 30.9 Å². The number of halogens is 1. The molecule has 1 aromatic rings. The fraction of sp³-hybridized carbons (Fsp3) is 0.625. The molecule has 3 aliphatic carbocycles. The van der Waals surface area contributed by atoms with Gasteiger partial charge in [-0.2, -0.15) is 0 Å². The van der Waals surface area contributed by atoms with Gasteiger partial charge < -0.3 is 5.32 Å². The third-order valence-corrected chi connectivity index (χ3v) is 6.08. The van der Waals surface area contributed by atoms with E-state index in [0.29, 0.717) is 6.04 Å². The second-order valence-electron chi connectivity index (χ2n) is 6.35. The van der Waals surface area contributed by atoms with Gasteiger partial charge in [-0.3, -0.25) is 0 Å². The number of nitrogens with one attached hydrogen (secondary N) is 1. The summed E-state index contributed by atoms with van der Waals surface area (Å²) in [4.78, 5) is 0. The van der Waals surface area contributed by atoms with Crippen LogP contribution in [-0.2, 0) is 0 Å². The maximum atomic E-state index is 6.37. The zero-order chi connectivity index (χ0) is 12.3. The lowest BCUT2D eigenvalue weighted by Crippen LogP contribution is -2.22. The molecule has 0 amide bonds. The van der Waals surface area contributed by atoms with Crippen LogP contribution >= 0.6 is 11.6 Å². The Balaban J connectivity index is 1.63. The van der Waals surface area contributed by atoms with Crippen molar-refractivity contribution in [3.63, 3.8) is 0 Å². The average molecular weight is 262 g/mol. The van der Waals surface area contributed by atoms with Crippen molar-refractivity contribution in [1.29, 1.82) is 0 Å². The van der Waals surface area contributed by atoms with Crippen molar-refractivity contribution >= 4 is 11.6 Å². The predicted octanol–water partition coefficient (Wildman–Crippen LogP) is 3.89. The summed E-state index contributed by atoms with van der Waals surface area (Å²) in [6.45, 7) is 0. The average Bonchev–Trinajstić information content (AvgIpc) is 2.81. The summed E-state index contributed by atoms with van der Waals surface area (Å²) in [6.07, 6.45) is 4.49. The van der Waals surface area contributed by atoms with Gasteiger partial charge in [0.15, 0.2) is 0 Å². The van der Waals surface area contributed by atoms with Gasteiger partial charge >= 0.3 is 0 Å². The normalized spacial score (nSPS) is 41.8. The number of fused-ring (bicyclic) bond motifs is 5. The molecule has 0 saturated heterocycles. The van der Waals surface area contributed by atoms with Crippen molar-refractivity contribution in [2.45, 2.75) is 25.3 Å². The third kappa shape index (κ3) is 1.44. The Kier molecular flexibility index (Phi) is 2.50. The van der Waals surface area contributed by atoms with Crippen molar-refractivity contribution in [2.75, 3.05) is 7.05 Å². The van der Waals surface area contributed by atoms with E-state index in [0.717, 1.165) is 34.6 Å². The van der Waals surface area contributed by atoms with Crippen LogP contribution in [0.15, 0.2) is 24.3 Å². The van der Waals surface area contributed by atoms with Crippen molar-refractivity contribution in [1.82, 2.24) is 5.32 Å². The third-order valence-electron chi connectivity index (χ3n) is 5.73. The van der Waals surface area contributed by atoms with Crippen LogP contribution in [0, 0.1) is 29.6 Å². The van der Waals surface area contributed by atoms with E-state index < -0.39 is 0 Å². The number of hydrogen-bond donors (Lipinski definition) is 1. The quantitative estimate of drug-likeness (QED) is 0.870. The molecule has 0 radical (unpaired) electrons. The zero-order valence-electron chi connectivity index (χ0n) is 10.8. The van der Waals surface area contributed by atoms with Gasteiger partial charge in [-0.05, 0) is 67.5 Å². The first-order valence-electron chi connectivity index (χ1n) is 7.23. The summed E-state index contributed by atoms with van der Waals surface area (Å²) in [5, 5.41) is 4.46. The van der Waals surface area contributed by atoms with Gasteiger partial charge in [-0.1, -0.05) is 29.8 Å². The molecule has 3 aliphatic rings. The molecule has 5 atom stereocenters. The van der Waals surface area contributed by atoms with Gasteiger partial charge in [-0.15, -0.1) is 0 Å². The molecule has 0 heterocycles. The molecule has 2 heteroatoms. The highest BCUT2D eigenvalue weighted by molar-refractivity contribution is 6.31. The molecular formula is C16H20ClN. The molecule has 5 unspecified atom stereocenters. The Hall–Kier alpha value is -0.530. The van der Waals surface area contributed by atoms with Crippen molar-refractivity contribution in [2.24, 2.45) is 29.6 Å². The Labute approximate surface area is 114 Å². The van der Waals surface area contributed by atoms with E-state index in [4.69, 9.17) is 11.6 Å². The van der Waals surface area contributed by atoms with Crippen LogP contribution in [0.5, 0.6) is 0 Å². The van der Waals surface area contributed by atoms with Crippen molar-refractivity contribution < 1.29 is 0 Å². The van der Waals surface area contributed by atoms with Crippen LogP contribution in [0.25, 0.3) is 0 Å². The number of benzene rings is 1. The first kappa shape index (κ1) is 11.3. The fourth-order valence-corrected chi connectivity index (χ4v) is 5.37. The second kappa shape index (κ2) is 3.98. The van der Waals surface area contributed by atoms with E-state index in [9.17, 15) is 0 Å². The SMILES string of the molecule is CNC(c1ccccc1Cl)C1C2C3CCC(C3)C21. The van der Waals surface area contributed by atoms with Crippen LogP contribution < -0.4 is 5.32 Å². The fourth-order valence-electron chi connectivity index (χ4n) is 5.12. The molecule has 4 rings (SSSR count). The highest BCUT2D eigenvalue weighted by atomic mass is 35.5. The van der Waals surface area contributed by atoms with Gasteiger partial charge in [-0.25, -0.2) is 0 Å². The Morgan fingerprint density at radius 3 is 2.44 bits per heavy atom. The number of hydrogen-bond acceptors (Lipinski definition) is 1. The minimum absolute atomic E-state index is 0.470. The summed E-state index contributed by atoms with van der Waals surface area (Å²) in [6, 6.07) is 8.82. The minimum atomic E-state index is 0.470. The van der Waals surface area contributed by atoms with Crippen molar-refractivity contribution in [3.8, 4) is 0 Å². The summed E-state index contributed by atoms with van der Waals surface area (Å²) in [5.74, 6) is 4.91. The molecule has 0 aromatic heterocycles. The molecule has 18 heavy (non-hydrogen) atoms. The minimum Gasteiger partial charge on any atom is -0.313 e. The van der Waals surface area contributed by atoms with Crippen molar-refractivity contribution in [3.05, 3.63) is 34.9 Å². The second-order valence-corrected chi connectivity index (χ2v) is 6.76. The van der Waals surface area contributed by atoms with Gasteiger partial charge in [0.05, 0.1) is 0 Å². The summed E-state index contributed by atoms with van der Waals surface area (Å²) in [7, 11) is 2.09. The zero-order valence-corrected chi connectivity index (χ0v) is 11.5. The molecule has 3 fully saturated rings. The van der Waals surface area contributed by atoms with Gasteiger partial charge in [0, 0.05) is 11.1 Å². The van der Waals surface area contributed by atoms with E-state index in [1.807, 2.05) is 12.1 Å². The van der Waals surface area contributed by atoms with Gasteiger partial charge in [0.1, 0.15) is 0 Å². The van der Waals surface area contributed by atoms with E-state index in [-0.39, 0.29) is 0 Å². The lowest BCUT2D eigenvalue weighted by atomic mass is 9.93. The highest BCUT2D eigenvalue weighted by Gasteiger charge is 2.66. The largest absolute Gasteiger partial charge is 0.313 e. The highest BCUT2D eigenvalue weighted by Crippen LogP contribution is 2.72. The van der Waals surface area contributed by atoms with E-state index in [1.54, 1.807) is 0 Å². The molecule has 0 aliphatic heterocycles. The molecule has 3 saturated carbocycles. The van der Waals surface area contributed by atoms with E-state index >= 15 is 0 Å². The van der Waals surface area contributed by atoms with Crippen LogP contribution in [-0.4, -0.2) is 7.05 Å². The lowest BCUT2D eigenvalue weighted by Gasteiger charge is -2.21. The standard InChI is InChI=1S/C16H20ClN/c1-18-16(11-4-2-3-5-12(11)17)15-13-9-6-7-10(8-9)14(13)15/h2-5,9-10,13-16,18H,6-8H2,1H3.